The third kappa shape index (κ3) is 4.28. The van der Waals surface area contributed by atoms with Gasteiger partial charge < -0.3 is 0 Å². The summed E-state index contributed by atoms with van der Waals surface area (Å²) in [5.74, 6) is -0.662. The molecule has 0 aliphatic rings. The van der Waals surface area contributed by atoms with E-state index >= 15 is 0 Å². The maximum atomic E-state index is 12.8. The second-order valence-electron chi connectivity index (χ2n) is 4.12. The van der Waals surface area contributed by atoms with Crippen molar-refractivity contribution in [3.8, 4) is 0 Å². The van der Waals surface area contributed by atoms with Gasteiger partial charge in [-0.2, -0.15) is 4.80 Å². The highest BCUT2D eigenvalue weighted by atomic mass is 32.1. The van der Waals surface area contributed by atoms with Crippen molar-refractivity contribution in [3.05, 3.63) is 35.6 Å². The summed E-state index contributed by atoms with van der Waals surface area (Å²) in [6, 6.07) is 5.12. The van der Waals surface area contributed by atoms with Crippen LogP contribution in [0.2, 0.25) is 0 Å². The molecule has 2 aromatic rings. The van der Waals surface area contributed by atoms with E-state index < -0.39 is 11.7 Å². The van der Waals surface area contributed by atoms with Gasteiger partial charge in [0.1, 0.15) is 5.82 Å². The largest absolute Gasteiger partial charge is 0.299 e. The van der Waals surface area contributed by atoms with Gasteiger partial charge in [-0.3, -0.25) is 15.4 Å². The number of carbonyl (C=O) groups is 1. The van der Waals surface area contributed by atoms with Crippen molar-refractivity contribution in [1.29, 1.82) is 0 Å². The number of rotatable bonds is 4. The number of nitrogens with one attached hydrogen (secondary N) is 2. The van der Waals surface area contributed by atoms with Crippen LogP contribution in [0.25, 0.3) is 0 Å². The number of nitrogens with zero attached hydrogens (tertiary/aromatic N) is 4. The summed E-state index contributed by atoms with van der Waals surface area (Å²) in [4.78, 5) is 13.3. The van der Waals surface area contributed by atoms with E-state index in [0.717, 1.165) is 6.42 Å². The average molecular weight is 308 g/mol. The molecule has 1 amide bonds. The Balaban J connectivity index is 1.91. The lowest BCUT2D eigenvalue weighted by Crippen LogP contribution is -2.34. The molecule has 0 atom stereocenters. The molecular weight excluding hydrogens is 295 g/mol. The Hall–Kier alpha value is -2.42. The van der Waals surface area contributed by atoms with Gasteiger partial charge in [-0.05, 0) is 48.1 Å². The molecule has 0 radical (unpaired) electrons. The second-order valence-corrected chi connectivity index (χ2v) is 4.53. The Morgan fingerprint density at radius 2 is 2.10 bits per heavy atom. The molecule has 110 valence electrons. The third-order valence-corrected chi connectivity index (χ3v) is 2.64. The summed E-state index contributed by atoms with van der Waals surface area (Å²) in [6.45, 7) is 2.63. The van der Waals surface area contributed by atoms with Crippen LogP contribution in [0.15, 0.2) is 24.3 Å². The van der Waals surface area contributed by atoms with E-state index in [-0.39, 0.29) is 11.1 Å². The number of carbonyl (C=O) groups excluding carboxylic acids is 1. The Morgan fingerprint density at radius 1 is 1.38 bits per heavy atom. The normalized spacial score (nSPS) is 10.2. The first-order valence-electron chi connectivity index (χ1n) is 6.24. The molecule has 0 aliphatic heterocycles. The molecule has 21 heavy (non-hydrogen) atoms. The van der Waals surface area contributed by atoms with E-state index in [0.29, 0.717) is 12.1 Å². The predicted octanol–water partition coefficient (Wildman–Crippen LogP) is 1.35. The summed E-state index contributed by atoms with van der Waals surface area (Å²) < 4.78 is 12.8. The van der Waals surface area contributed by atoms with Gasteiger partial charge in [0.15, 0.2) is 5.11 Å². The Labute approximate surface area is 125 Å². The van der Waals surface area contributed by atoms with E-state index in [1.54, 1.807) is 0 Å². The van der Waals surface area contributed by atoms with E-state index in [4.69, 9.17) is 12.2 Å². The zero-order valence-electron chi connectivity index (χ0n) is 11.2. The Morgan fingerprint density at radius 3 is 2.76 bits per heavy atom. The van der Waals surface area contributed by atoms with Crippen LogP contribution in [0.5, 0.6) is 0 Å². The molecule has 9 heteroatoms. The third-order valence-electron chi connectivity index (χ3n) is 2.44. The van der Waals surface area contributed by atoms with E-state index in [9.17, 15) is 9.18 Å². The standard InChI is InChI=1S/C12H13FN6OS/c1-2-7-19-17-11(16-18-19)15-12(21)14-10(20)8-3-5-9(13)6-4-8/h3-6H,2,7H2,1H3,(H2,14,15,17,20,21). The van der Waals surface area contributed by atoms with Crippen LogP contribution in [-0.2, 0) is 6.54 Å². The van der Waals surface area contributed by atoms with Gasteiger partial charge in [0.05, 0.1) is 6.54 Å². The van der Waals surface area contributed by atoms with Crippen molar-refractivity contribution in [2.45, 2.75) is 19.9 Å². The van der Waals surface area contributed by atoms with Gasteiger partial charge in [-0.15, -0.1) is 5.10 Å². The monoisotopic (exact) mass is 308 g/mol. The fourth-order valence-corrected chi connectivity index (χ4v) is 1.68. The van der Waals surface area contributed by atoms with E-state index in [1.807, 2.05) is 6.92 Å². The quantitative estimate of drug-likeness (QED) is 0.829. The topological polar surface area (TPSA) is 84.7 Å². The fourth-order valence-electron chi connectivity index (χ4n) is 1.50. The molecule has 7 nitrogen and oxygen atoms in total. The molecule has 0 unspecified atom stereocenters. The summed E-state index contributed by atoms with van der Waals surface area (Å²) in [5, 5.41) is 16.7. The molecule has 0 fully saturated rings. The summed E-state index contributed by atoms with van der Waals surface area (Å²) in [6.07, 6.45) is 0.877. The maximum Gasteiger partial charge on any atom is 0.269 e. The van der Waals surface area contributed by atoms with E-state index in [1.165, 1.54) is 29.1 Å². The predicted molar refractivity (Wildman–Crippen MR) is 78.2 cm³/mol. The lowest BCUT2D eigenvalue weighted by atomic mass is 10.2. The van der Waals surface area contributed by atoms with Crippen LogP contribution in [0, 0.1) is 5.82 Å². The fraction of sp³-hybridized carbons (Fsp3) is 0.250. The van der Waals surface area contributed by atoms with Crippen LogP contribution in [0.3, 0.4) is 0 Å². The maximum absolute atomic E-state index is 12.8. The number of thiocarbonyl (C=S) groups is 1. The molecular formula is C12H13FN6OS. The first-order valence-corrected chi connectivity index (χ1v) is 6.65. The van der Waals surface area contributed by atoms with Crippen molar-refractivity contribution < 1.29 is 9.18 Å². The number of amides is 1. The SMILES string of the molecule is CCCn1nnc(NC(=S)NC(=O)c2ccc(F)cc2)n1. The lowest BCUT2D eigenvalue weighted by Gasteiger charge is -2.06. The van der Waals surface area contributed by atoms with Crippen LogP contribution < -0.4 is 10.6 Å². The zero-order valence-corrected chi connectivity index (χ0v) is 12.0. The number of hydrogen-bond acceptors (Lipinski definition) is 5. The molecule has 2 N–H and O–H groups in total. The number of aryl methyl sites for hydroxylation is 1. The molecule has 1 aromatic heterocycles. The van der Waals surface area contributed by atoms with Crippen LogP contribution in [-0.4, -0.2) is 31.2 Å². The molecule has 0 saturated carbocycles. The van der Waals surface area contributed by atoms with Gasteiger partial charge in [-0.1, -0.05) is 12.0 Å². The highest BCUT2D eigenvalue weighted by Gasteiger charge is 2.10. The van der Waals surface area contributed by atoms with Gasteiger partial charge in [-0.25, -0.2) is 4.39 Å². The first kappa shape index (κ1) is 15.0. The van der Waals surface area contributed by atoms with Crippen molar-refractivity contribution in [3.63, 3.8) is 0 Å². The van der Waals surface area contributed by atoms with Gasteiger partial charge in [0, 0.05) is 5.56 Å². The van der Waals surface area contributed by atoms with Gasteiger partial charge in [0.25, 0.3) is 11.9 Å². The molecule has 0 saturated heterocycles. The molecule has 0 spiro atoms. The minimum atomic E-state index is -0.451. The minimum absolute atomic E-state index is 0.0420. The molecule has 0 aliphatic carbocycles. The van der Waals surface area contributed by atoms with Crippen molar-refractivity contribution in [1.82, 2.24) is 25.5 Å². The smallest absolute Gasteiger partial charge is 0.269 e. The average Bonchev–Trinajstić information content (AvgIpc) is 2.87. The number of benzene rings is 1. The summed E-state index contributed by atoms with van der Waals surface area (Å²) >= 11 is 4.98. The Bertz CT molecular complexity index is 641. The van der Waals surface area contributed by atoms with Crippen molar-refractivity contribution in [2.75, 3.05) is 5.32 Å². The summed E-state index contributed by atoms with van der Waals surface area (Å²) in [5.41, 5.74) is 0.295. The number of anilines is 1. The molecule has 2 rings (SSSR count). The molecule has 0 bridgehead atoms. The Kier molecular flexibility index (Phi) is 4.88. The van der Waals surface area contributed by atoms with Crippen LogP contribution in [0.1, 0.15) is 23.7 Å². The second kappa shape index (κ2) is 6.84. The van der Waals surface area contributed by atoms with Crippen LogP contribution in [0.4, 0.5) is 10.3 Å². The highest BCUT2D eigenvalue weighted by molar-refractivity contribution is 7.80. The van der Waals surface area contributed by atoms with Crippen molar-refractivity contribution >= 4 is 29.2 Å². The number of halogens is 1. The number of hydrogen-bond donors (Lipinski definition) is 2. The van der Waals surface area contributed by atoms with Crippen LogP contribution >= 0.6 is 12.2 Å². The number of aromatic nitrogens is 4. The summed E-state index contributed by atoms with van der Waals surface area (Å²) in [7, 11) is 0. The molecule has 1 heterocycles. The molecule has 1 aromatic carbocycles. The minimum Gasteiger partial charge on any atom is -0.299 e. The zero-order chi connectivity index (χ0) is 15.2. The first-order chi connectivity index (χ1) is 10.1. The highest BCUT2D eigenvalue weighted by Crippen LogP contribution is 2.02. The van der Waals surface area contributed by atoms with E-state index in [2.05, 4.69) is 26.0 Å². The van der Waals surface area contributed by atoms with Gasteiger partial charge in [0.2, 0.25) is 0 Å². The lowest BCUT2D eigenvalue weighted by molar-refractivity contribution is 0.0977. The number of tetrazole rings is 1. The van der Waals surface area contributed by atoms with Gasteiger partial charge >= 0.3 is 0 Å². The van der Waals surface area contributed by atoms with Crippen molar-refractivity contribution in [2.24, 2.45) is 0 Å².